The molecular weight excluding hydrogens is 495 g/mol. The number of hydrogen-bond acceptors (Lipinski definition) is 4. The maximum atomic E-state index is 10.7. The Morgan fingerprint density at radius 2 is 1.81 bits per heavy atom. The van der Waals surface area contributed by atoms with Gasteiger partial charge in [-0.3, -0.25) is 9.78 Å². The van der Waals surface area contributed by atoms with Crippen molar-refractivity contribution in [3.8, 4) is 16.9 Å². The highest BCUT2D eigenvalue weighted by Crippen LogP contribution is 2.50. The zero-order valence-corrected chi connectivity index (χ0v) is 21.6. The van der Waals surface area contributed by atoms with Crippen LogP contribution in [-0.2, 0) is 23.3 Å². The number of rotatable bonds is 12. The number of nitrogens with one attached hydrogen (secondary N) is 1. The summed E-state index contributed by atoms with van der Waals surface area (Å²) in [5, 5.41) is 13.9. The normalized spacial score (nSPS) is 16.1. The topological polar surface area (TPSA) is 71.5 Å². The standard InChI is InChI=1S/C29H30Cl2N2O3/c30-25-16-20(26(31)15-19(25)5-1-4-8-28(34)35)17-33-29(12-13-29)24-18-32-14-11-22(24)23-6-2-3-7-27(23)36-21-9-10-21/h2-3,6-7,11,14-16,18,21,33H,1,4-5,8-10,12-13,17H2,(H,34,35). The second-order valence-corrected chi connectivity index (χ2v) is 10.6. The monoisotopic (exact) mass is 524 g/mol. The molecule has 0 atom stereocenters. The molecule has 0 unspecified atom stereocenters. The Balaban J connectivity index is 1.31. The largest absolute Gasteiger partial charge is 0.490 e. The maximum Gasteiger partial charge on any atom is 0.303 e. The third-order valence-corrected chi connectivity index (χ3v) is 7.71. The minimum absolute atomic E-state index is 0.165. The van der Waals surface area contributed by atoms with E-state index in [1.54, 1.807) is 0 Å². The van der Waals surface area contributed by atoms with Gasteiger partial charge in [0.25, 0.3) is 0 Å². The lowest BCUT2D eigenvalue weighted by molar-refractivity contribution is -0.137. The van der Waals surface area contributed by atoms with Crippen molar-refractivity contribution in [2.24, 2.45) is 0 Å². The van der Waals surface area contributed by atoms with Gasteiger partial charge in [0.15, 0.2) is 0 Å². The van der Waals surface area contributed by atoms with E-state index in [4.69, 9.17) is 33.0 Å². The van der Waals surface area contributed by atoms with E-state index in [1.807, 2.05) is 30.6 Å². The molecule has 0 radical (unpaired) electrons. The molecule has 2 saturated carbocycles. The number of aliphatic carboxylic acids is 1. The molecule has 0 saturated heterocycles. The predicted octanol–water partition coefficient (Wildman–Crippen LogP) is 7.17. The highest BCUT2D eigenvalue weighted by molar-refractivity contribution is 6.34. The molecule has 2 aliphatic rings. The summed E-state index contributed by atoms with van der Waals surface area (Å²) in [5.74, 6) is 0.155. The molecule has 0 spiro atoms. The SMILES string of the molecule is O=C(O)CCCCc1cc(Cl)c(CNC2(c3cnccc3-c3ccccc3OC3CC3)CC2)cc1Cl. The number of pyridine rings is 1. The third kappa shape index (κ3) is 5.86. The van der Waals surface area contributed by atoms with E-state index in [9.17, 15) is 4.79 Å². The average molecular weight is 525 g/mol. The van der Waals surface area contributed by atoms with Crippen molar-refractivity contribution >= 4 is 29.2 Å². The molecule has 7 heteroatoms. The molecule has 188 valence electrons. The van der Waals surface area contributed by atoms with E-state index in [0.717, 1.165) is 60.1 Å². The Labute approximate surface area is 221 Å². The summed E-state index contributed by atoms with van der Waals surface area (Å²) in [5.41, 5.74) is 5.16. The molecule has 0 aliphatic heterocycles. The van der Waals surface area contributed by atoms with Crippen molar-refractivity contribution < 1.29 is 14.6 Å². The number of ether oxygens (including phenoxy) is 1. The van der Waals surface area contributed by atoms with Gasteiger partial charge in [-0.25, -0.2) is 0 Å². The minimum Gasteiger partial charge on any atom is -0.490 e. The molecule has 36 heavy (non-hydrogen) atoms. The van der Waals surface area contributed by atoms with Crippen molar-refractivity contribution in [2.75, 3.05) is 0 Å². The van der Waals surface area contributed by atoms with Crippen molar-refractivity contribution in [2.45, 2.75) is 69.6 Å². The van der Waals surface area contributed by atoms with Gasteiger partial charge < -0.3 is 15.2 Å². The predicted molar refractivity (Wildman–Crippen MR) is 143 cm³/mol. The van der Waals surface area contributed by atoms with Crippen LogP contribution in [0.3, 0.4) is 0 Å². The first-order valence-electron chi connectivity index (χ1n) is 12.6. The van der Waals surface area contributed by atoms with Gasteiger partial charge in [0.2, 0.25) is 0 Å². The van der Waals surface area contributed by atoms with Crippen LogP contribution < -0.4 is 10.1 Å². The van der Waals surface area contributed by atoms with Crippen LogP contribution in [0.5, 0.6) is 5.75 Å². The Morgan fingerprint density at radius 1 is 1.06 bits per heavy atom. The fourth-order valence-corrected chi connectivity index (χ4v) is 5.18. The molecule has 3 aromatic rings. The molecular formula is C29H30Cl2N2O3. The first-order chi connectivity index (χ1) is 17.4. The van der Waals surface area contributed by atoms with E-state index in [1.165, 1.54) is 5.56 Å². The summed E-state index contributed by atoms with van der Waals surface area (Å²) in [6, 6.07) is 14.2. The van der Waals surface area contributed by atoms with Crippen LogP contribution in [0.15, 0.2) is 54.9 Å². The van der Waals surface area contributed by atoms with Crippen LogP contribution in [0.1, 0.15) is 61.6 Å². The number of halogens is 2. The van der Waals surface area contributed by atoms with E-state index in [2.05, 4.69) is 34.6 Å². The lowest BCUT2D eigenvalue weighted by atomic mass is 9.94. The van der Waals surface area contributed by atoms with E-state index in [0.29, 0.717) is 35.5 Å². The summed E-state index contributed by atoms with van der Waals surface area (Å²) in [6.07, 6.45) is 10.7. The highest BCUT2D eigenvalue weighted by Gasteiger charge is 2.45. The second kappa shape index (κ2) is 10.8. The fourth-order valence-electron chi connectivity index (χ4n) is 4.65. The number of benzene rings is 2. The van der Waals surface area contributed by atoms with Crippen LogP contribution in [0.25, 0.3) is 11.1 Å². The molecule has 0 bridgehead atoms. The Morgan fingerprint density at radius 3 is 2.56 bits per heavy atom. The number of unbranched alkanes of at least 4 members (excludes halogenated alkanes) is 1. The zero-order chi connectivity index (χ0) is 25.1. The maximum absolute atomic E-state index is 10.7. The first kappa shape index (κ1) is 25.1. The molecule has 0 amide bonds. The van der Waals surface area contributed by atoms with E-state index in [-0.39, 0.29) is 12.0 Å². The summed E-state index contributed by atoms with van der Waals surface area (Å²) in [6.45, 7) is 0.590. The molecule has 5 nitrogen and oxygen atoms in total. The van der Waals surface area contributed by atoms with Crippen LogP contribution in [0.4, 0.5) is 0 Å². The number of carbonyl (C=O) groups is 1. The molecule has 1 aromatic heterocycles. The number of aryl methyl sites for hydroxylation is 1. The summed E-state index contributed by atoms with van der Waals surface area (Å²) < 4.78 is 6.21. The van der Waals surface area contributed by atoms with Gasteiger partial charge >= 0.3 is 5.97 Å². The van der Waals surface area contributed by atoms with Crippen molar-refractivity contribution in [1.82, 2.24) is 10.3 Å². The molecule has 1 heterocycles. The minimum atomic E-state index is -0.773. The Hall–Kier alpha value is -2.60. The number of para-hydroxylation sites is 1. The number of carboxylic acids is 1. The van der Waals surface area contributed by atoms with Crippen LogP contribution in [0.2, 0.25) is 10.0 Å². The smallest absolute Gasteiger partial charge is 0.303 e. The van der Waals surface area contributed by atoms with Gasteiger partial charge in [0.05, 0.1) is 6.10 Å². The summed E-state index contributed by atoms with van der Waals surface area (Å²) >= 11 is 13.2. The quantitative estimate of drug-likeness (QED) is 0.245. The van der Waals surface area contributed by atoms with Gasteiger partial charge in [-0.15, -0.1) is 0 Å². The fraction of sp³-hybridized carbons (Fsp3) is 0.379. The zero-order valence-electron chi connectivity index (χ0n) is 20.1. The molecule has 2 aromatic carbocycles. The van der Waals surface area contributed by atoms with Crippen LogP contribution in [-0.4, -0.2) is 22.2 Å². The Kier molecular flexibility index (Phi) is 7.52. The van der Waals surface area contributed by atoms with Gasteiger partial charge in [-0.2, -0.15) is 0 Å². The highest BCUT2D eigenvalue weighted by atomic mass is 35.5. The Bertz CT molecular complexity index is 1260. The second-order valence-electron chi connectivity index (χ2n) is 9.81. The molecule has 2 aliphatic carbocycles. The first-order valence-corrected chi connectivity index (χ1v) is 13.3. The van der Waals surface area contributed by atoms with Crippen LogP contribution >= 0.6 is 23.2 Å². The van der Waals surface area contributed by atoms with Gasteiger partial charge in [0.1, 0.15) is 5.75 Å². The van der Waals surface area contributed by atoms with E-state index < -0.39 is 5.97 Å². The number of carboxylic acid groups (broad SMARTS) is 1. The van der Waals surface area contributed by atoms with Gasteiger partial charge in [-0.05, 0) is 91.5 Å². The van der Waals surface area contributed by atoms with Crippen molar-refractivity contribution in [3.05, 3.63) is 81.6 Å². The van der Waals surface area contributed by atoms with Crippen molar-refractivity contribution in [3.63, 3.8) is 0 Å². The molecule has 2 N–H and O–H groups in total. The van der Waals surface area contributed by atoms with Crippen LogP contribution in [0, 0.1) is 0 Å². The summed E-state index contributed by atoms with van der Waals surface area (Å²) in [4.78, 5) is 15.2. The van der Waals surface area contributed by atoms with Gasteiger partial charge in [-0.1, -0.05) is 41.4 Å². The van der Waals surface area contributed by atoms with Gasteiger partial charge in [0, 0.05) is 46.5 Å². The number of nitrogens with zero attached hydrogens (tertiary/aromatic N) is 1. The number of aromatic nitrogens is 1. The van der Waals surface area contributed by atoms with E-state index >= 15 is 0 Å². The lowest BCUT2D eigenvalue weighted by Crippen LogP contribution is -2.29. The summed E-state index contributed by atoms with van der Waals surface area (Å²) in [7, 11) is 0. The lowest BCUT2D eigenvalue weighted by Gasteiger charge is -2.23. The third-order valence-electron chi connectivity index (χ3n) is 7.00. The average Bonchev–Trinajstić information content (AvgIpc) is 3.80. The number of hydrogen-bond donors (Lipinski definition) is 2. The van der Waals surface area contributed by atoms with Crippen molar-refractivity contribution in [1.29, 1.82) is 0 Å². The molecule has 2 fully saturated rings. The molecule has 5 rings (SSSR count).